The van der Waals surface area contributed by atoms with Crippen LogP contribution >= 0.6 is 58.2 Å². The molecule has 0 saturated carbocycles. The standard InChI is InChI=1S/C18H14Cl4N2O2S2/c19-11-2-1-10(15(22)6-11)7-27-18-23-16-8-28(25,26)9-17(16)24(18)14-4-12(20)3-13(21)5-14/h1-6,16-17H,7-9H2/t16-,17-/m0/s1. The van der Waals surface area contributed by atoms with Crippen molar-refractivity contribution in [2.75, 3.05) is 16.4 Å². The molecule has 2 aromatic rings. The van der Waals surface area contributed by atoms with Gasteiger partial charge in [-0.1, -0.05) is 64.2 Å². The number of thioether (sulfide) groups is 1. The van der Waals surface area contributed by atoms with Crippen LogP contribution in [0.3, 0.4) is 0 Å². The van der Waals surface area contributed by atoms with Crippen molar-refractivity contribution in [1.82, 2.24) is 0 Å². The fraction of sp³-hybridized carbons (Fsp3) is 0.278. The average molecular weight is 496 g/mol. The van der Waals surface area contributed by atoms with Gasteiger partial charge in [0.25, 0.3) is 0 Å². The fourth-order valence-corrected chi connectivity index (χ4v) is 7.43. The van der Waals surface area contributed by atoms with E-state index >= 15 is 0 Å². The Kier molecular flexibility index (Phi) is 5.82. The Morgan fingerprint density at radius 2 is 1.71 bits per heavy atom. The van der Waals surface area contributed by atoms with Crippen molar-refractivity contribution in [2.45, 2.75) is 17.8 Å². The van der Waals surface area contributed by atoms with E-state index in [0.717, 1.165) is 16.4 Å². The van der Waals surface area contributed by atoms with Crippen LogP contribution in [0.25, 0.3) is 0 Å². The molecular weight excluding hydrogens is 482 g/mol. The predicted octanol–water partition coefficient (Wildman–Crippen LogP) is 5.58. The second-order valence-electron chi connectivity index (χ2n) is 6.65. The molecule has 0 aromatic heterocycles. The first-order valence-corrected chi connectivity index (χ1v) is 12.6. The second kappa shape index (κ2) is 7.89. The molecule has 0 radical (unpaired) electrons. The van der Waals surface area contributed by atoms with Crippen LogP contribution in [0.1, 0.15) is 5.56 Å². The fourth-order valence-electron chi connectivity index (χ4n) is 3.39. The monoisotopic (exact) mass is 494 g/mol. The number of sulfone groups is 1. The number of amidine groups is 1. The smallest absolute Gasteiger partial charge is 0.164 e. The Bertz CT molecular complexity index is 1060. The number of halogens is 4. The molecule has 0 unspecified atom stereocenters. The Morgan fingerprint density at radius 1 is 1.00 bits per heavy atom. The van der Waals surface area contributed by atoms with Gasteiger partial charge in [0.2, 0.25) is 0 Å². The van der Waals surface area contributed by atoms with E-state index in [4.69, 9.17) is 51.4 Å². The molecule has 2 aromatic carbocycles. The number of nitrogens with zero attached hydrogens (tertiary/aromatic N) is 2. The Balaban J connectivity index is 1.65. The molecule has 0 amide bonds. The molecule has 0 aliphatic carbocycles. The SMILES string of the molecule is O=S1(=O)C[C@@H]2N=C(SCc3ccc(Cl)cc3Cl)N(c3cc(Cl)cc(Cl)c3)[C@H]2C1. The van der Waals surface area contributed by atoms with E-state index in [0.29, 0.717) is 25.8 Å². The van der Waals surface area contributed by atoms with Gasteiger partial charge in [-0.15, -0.1) is 0 Å². The van der Waals surface area contributed by atoms with Crippen LogP contribution in [-0.4, -0.2) is 37.2 Å². The minimum atomic E-state index is -3.13. The van der Waals surface area contributed by atoms with Gasteiger partial charge in [-0.05, 0) is 35.9 Å². The summed E-state index contributed by atoms with van der Waals surface area (Å²) in [5, 5.41) is 2.86. The average Bonchev–Trinajstić information content (AvgIpc) is 3.04. The van der Waals surface area contributed by atoms with Crippen molar-refractivity contribution in [1.29, 1.82) is 0 Å². The van der Waals surface area contributed by atoms with Gasteiger partial charge in [-0.25, -0.2) is 8.42 Å². The van der Waals surface area contributed by atoms with Gasteiger partial charge in [0, 0.05) is 31.5 Å². The molecule has 2 heterocycles. The van der Waals surface area contributed by atoms with Gasteiger partial charge in [0.1, 0.15) is 0 Å². The van der Waals surface area contributed by atoms with Crippen LogP contribution < -0.4 is 4.90 Å². The Labute approximate surface area is 187 Å². The highest BCUT2D eigenvalue weighted by atomic mass is 35.5. The number of anilines is 1. The lowest BCUT2D eigenvalue weighted by molar-refractivity contribution is 0.601. The number of hydrogen-bond acceptors (Lipinski definition) is 5. The van der Waals surface area contributed by atoms with E-state index in [-0.39, 0.29) is 23.6 Å². The largest absolute Gasteiger partial charge is 0.315 e. The van der Waals surface area contributed by atoms with Crippen LogP contribution in [0, 0.1) is 0 Å². The molecule has 4 rings (SSSR count). The minimum Gasteiger partial charge on any atom is -0.315 e. The van der Waals surface area contributed by atoms with Crippen LogP contribution in [0.2, 0.25) is 20.1 Å². The van der Waals surface area contributed by atoms with Gasteiger partial charge in [0.15, 0.2) is 15.0 Å². The van der Waals surface area contributed by atoms with E-state index in [1.807, 2.05) is 11.0 Å². The van der Waals surface area contributed by atoms with Crippen LogP contribution in [0.4, 0.5) is 5.69 Å². The molecule has 0 bridgehead atoms. The zero-order valence-corrected chi connectivity index (χ0v) is 18.9. The van der Waals surface area contributed by atoms with Crippen LogP contribution in [-0.2, 0) is 15.6 Å². The zero-order valence-electron chi connectivity index (χ0n) is 14.3. The van der Waals surface area contributed by atoms with Gasteiger partial charge < -0.3 is 4.90 Å². The van der Waals surface area contributed by atoms with Crippen LogP contribution in [0.15, 0.2) is 41.4 Å². The topological polar surface area (TPSA) is 49.7 Å². The third-order valence-corrected chi connectivity index (χ3v) is 8.34. The van der Waals surface area contributed by atoms with Gasteiger partial charge in [-0.3, -0.25) is 4.99 Å². The summed E-state index contributed by atoms with van der Waals surface area (Å²) >= 11 is 26.1. The predicted molar refractivity (Wildman–Crippen MR) is 120 cm³/mol. The molecular formula is C18H14Cl4N2O2S2. The molecule has 10 heteroatoms. The van der Waals surface area contributed by atoms with Gasteiger partial charge in [0.05, 0.1) is 23.6 Å². The molecule has 148 valence electrons. The molecule has 4 nitrogen and oxygen atoms in total. The highest BCUT2D eigenvalue weighted by Crippen LogP contribution is 2.38. The Hall–Kier alpha value is -0.630. The van der Waals surface area contributed by atoms with Gasteiger partial charge in [-0.2, -0.15) is 0 Å². The summed E-state index contributed by atoms with van der Waals surface area (Å²) in [6.45, 7) is 0. The minimum absolute atomic E-state index is 0.0498. The van der Waals surface area contributed by atoms with E-state index in [2.05, 4.69) is 0 Å². The maximum atomic E-state index is 12.1. The third-order valence-electron chi connectivity index (χ3n) is 4.60. The van der Waals surface area contributed by atoms with Crippen molar-refractivity contribution in [3.8, 4) is 0 Å². The second-order valence-corrected chi connectivity index (χ2v) is 11.5. The van der Waals surface area contributed by atoms with E-state index in [1.165, 1.54) is 11.8 Å². The highest BCUT2D eigenvalue weighted by Gasteiger charge is 2.47. The van der Waals surface area contributed by atoms with Crippen LogP contribution in [0.5, 0.6) is 0 Å². The Morgan fingerprint density at radius 3 is 2.39 bits per heavy atom. The maximum Gasteiger partial charge on any atom is 0.164 e. The lowest BCUT2D eigenvalue weighted by atomic mass is 10.1. The van der Waals surface area contributed by atoms with Crippen molar-refractivity contribution >= 4 is 78.9 Å². The first kappa shape index (κ1) is 20.6. The summed E-state index contributed by atoms with van der Waals surface area (Å²) in [6.07, 6.45) is 0. The molecule has 2 aliphatic rings. The van der Waals surface area contributed by atoms with Crippen molar-refractivity contribution in [3.63, 3.8) is 0 Å². The van der Waals surface area contributed by atoms with E-state index in [1.54, 1.807) is 30.3 Å². The zero-order chi connectivity index (χ0) is 20.1. The maximum absolute atomic E-state index is 12.1. The van der Waals surface area contributed by atoms with E-state index in [9.17, 15) is 8.42 Å². The lowest BCUT2D eigenvalue weighted by Gasteiger charge is -2.27. The van der Waals surface area contributed by atoms with E-state index < -0.39 is 9.84 Å². The van der Waals surface area contributed by atoms with Crippen molar-refractivity contribution in [3.05, 3.63) is 62.1 Å². The van der Waals surface area contributed by atoms with Crippen molar-refractivity contribution in [2.24, 2.45) is 4.99 Å². The first-order valence-electron chi connectivity index (χ1n) is 8.32. The summed E-state index contributed by atoms with van der Waals surface area (Å²) < 4.78 is 24.3. The summed E-state index contributed by atoms with van der Waals surface area (Å²) in [4.78, 5) is 6.63. The molecule has 0 N–H and O–H groups in total. The normalized spacial score (nSPS) is 23.0. The number of benzene rings is 2. The number of aliphatic imine (C=N–C) groups is 1. The van der Waals surface area contributed by atoms with Crippen molar-refractivity contribution < 1.29 is 8.42 Å². The lowest BCUT2D eigenvalue weighted by Crippen LogP contribution is -2.39. The molecule has 2 atom stereocenters. The number of hydrogen-bond donors (Lipinski definition) is 0. The highest BCUT2D eigenvalue weighted by molar-refractivity contribution is 8.13. The number of fused-ring (bicyclic) bond motifs is 1. The molecule has 1 saturated heterocycles. The van der Waals surface area contributed by atoms with Gasteiger partial charge >= 0.3 is 0 Å². The quantitative estimate of drug-likeness (QED) is 0.558. The summed E-state index contributed by atoms with van der Waals surface area (Å²) in [6, 6.07) is 9.98. The molecule has 28 heavy (non-hydrogen) atoms. The molecule has 2 aliphatic heterocycles. The third kappa shape index (κ3) is 4.27. The summed E-state index contributed by atoms with van der Waals surface area (Å²) in [7, 11) is -3.13. The number of rotatable bonds is 3. The summed E-state index contributed by atoms with van der Waals surface area (Å²) in [5.41, 5.74) is 1.66. The summed E-state index contributed by atoms with van der Waals surface area (Å²) in [5.74, 6) is 0.678. The molecule has 0 spiro atoms. The first-order chi connectivity index (χ1) is 13.2. The molecule has 1 fully saturated rings.